The summed E-state index contributed by atoms with van der Waals surface area (Å²) in [6.45, 7) is 0. The number of halogens is 1. The van der Waals surface area contributed by atoms with E-state index in [1.165, 1.54) is 15.9 Å². The lowest BCUT2D eigenvalue weighted by atomic mass is 10.2. The summed E-state index contributed by atoms with van der Waals surface area (Å²) in [7, 11) is 0. The molecule has 5 nitrogen and oxygen atoms in total. The van der Waals surface area contributed by atoms with Crippen LogP contribution in [0, 0.1) is 0 Å². The summed E-state index contributed by atoms with van der Waals surface area (Å²) >= 11 is 7.24. The van der Waals surface area contributed by atoms with Crippen LogP contribution in [-0.4, -0.2) is 14.6 Å². The number of nitrogens with zero attached hydrogens (tertiary/aromatic N) is 3. The van der Waals surface area contributed by atoms with Gasteiger partial charge >= 0.3 is 0 Å². The van der Waals surface area contributed by atoms with E-state index in [0.717, 1.165) is 5.56 Å². The average Bonchev–Trinajstić information content (AvgIpc) is 3.20. The van der Waals surface area contributed by atoms with Gasteiger partial charge < -0.3 is 4.42 Å². The van der Waals surface area contributed by atoms with E-state index in [4.69, 9.17) is 16.0 Å². The highest BCUT2D eigenvalue weighted by molar-refractivity contribution is 7.15. The van der Waals surface area contributed by atoms with Gasteiger partial charge in [0.25, 0.3) is 5.56 Å². The smallest absolute Gasteiger partial charge is 0.291 e. The Morgan fingerprint density at radius 1 is 1.27 bits per heavy atom. The van der Waals surface area contributed by atoms with E-state index in [0.29, 0.717) is 26.1 Å². The molecule has 0 aliphatic rings. The van der Waals surface area contributed by atoms with Gasteiger partial charge in [0.2, 0.25) is 4.96 Å². The van der Waals surface area contributed by atoms with Crippen molar-refractivity contribution in [3.05, 3.63) is 68.3 Å². The van der Waals surface area contributed by atoms with E-state index in [9.17, 15) is 4.79 Å². The molecule has 22 heavy (non-hydrogen) atoms. The van der Waals surface area contributed by atoms with Gasteiger partial charge in [-0.1, -0.05) is 35.1 Å². The standard InChI is InChI=1S/C15H8ClN3O2S/c16-10-4-1-3-9(7-10)13-17-15-19(18-13)14(20)12(22-15)8-11-5-2-6-21-11/h1-8H/b12-8-. The predicted octanol–water partition coefficient (Wildman–Crippen LogP) is 2.61. The summed E-state index contributed by atoms with van der Waals surface area (Å²) in [6.07, 6.45) is 3.24. The number of rotatable bonds is 2. The number of fused-ring (bicyclic) bond motifs is 1. The molecule has 3 aromatic heterocycles. The van der Waals surface area contributed by atoms with Gasteiger partial charge in [-0.3, -0.25) is 4.79 Å². The van der Waals surface area contributed by atoms with Crippen LogP contribution in [0.1, 0.15) is 5.76 Å². The van der Waals surface area contributed by atoms with Crippen molar-refractivity contribution in [1.82, 2.24) is 14.6 Å². The van der Waals surface area contributed by atoms with Crippen molar-refractivity contribution in [1.29, 1.82) is 0 Å². The number of benzene rings is 1. The van der Waals surface area contributed by atoms with Crippen molar-refractivity contribution in [2.24, 2.45) is 0 Å². The molecule has 0 bridgehead atoms. The zero-order valence-corrected chi connectivity index (χ0v) is 12.6. The summed E-state index contributed by atoms with van der Waals surface area (Å²) in [6, 6.07) is 10.8. The second-order valence-corrected chi connectivity index (χ2v) is 6.02. The van der Waals surface area contributed by atoms with Gasteiger partial charge in [0.05, 0.1) is 6.26 Å². The molecule has 0 aliphatic carbocycles. The van der Waals surface area contributed by atoms with Crippen molar-refractivity contribution < 1.29 is 4.42 Å². The highest BCUT2D eigenvalue weighted by atomic mass is 35.5. The van der Waals surface area contributed by atoms with Crippen LogP contribution in [0.4, 0.5) is 0 Å². The van der Waals surface area contributed by atoms with Crippen LogP contribution in [0.25, 0.3) is 22.4 Å². The summed E-state index contributed by atoms with van der Waals surface area (Å²) < 4.78 is 7.05. The Bertz CT molecular complexity index is 1070. The first-order valence-electron chi connectivity index (χ1n) is 6.41. The first kappa shape index (κ1) is 13.2. The molecule has 0 radical (unpaired) electrons. The van der Waals surface area contributed by atoms with Gasteiger partial charge in [-0.2, -0.15) is 9.50 Å². The Balaban J connectivity index is 1.86. The molecule has 0 saturated heterocycles. The molecule has 0 atom stereocenters. The quantitative estimate of drug-likeness (QED) is 0.567. The zero-order valence-electron chi connectivity index (χ0n) is 11.1. The Labute approximate surface area is 133 Å². The van der Waals surface area contributed by atoms with Crippen molar-refractivity contribution in [3.63, 3.8) is 0 Å². The van der Waals surface area contributed by atoms with Crippen molar-refractivity contribution in [3.8, 4) is 11.4 Å². The maximum absolute atomic E-state index is 12.3. The van der Waals surface area contributed by atoms with Gasteiger partial charge in [0.15, 0.2) is 5.82 Å². The van der Waals surface area contributed by atoms with E-state index in [1.54, 1.807) is 36.6 Å². The molecule has 0 aliphatic heterocycles. The van der Waals surface area contributed by atoms with Crippen molar-refractivity contribution in [2.45, 2.75) is 0 Å². The van der Waals surface area contributed by atoms with Crippen LogP contribution in [-0.2, 0) is 0 Å². The molecule has 0 fully saturated rings. The SMILES string of the molecule is O=c1/c(=C/c2ccco2)sc2nc(-c3cccc(Cl)c3)nn12. The summed E-state index contributed by atoms with van der Waals surface area (Å²) in [4.78, 5) is 17.3. The van der Waals surface area contributed by atoms with Gasteiger partial charge in [-0.05, 0) is 24.3 Å². The molecule has 0 saturated carbocycles. The van der Waals surface area contributed by atoms with Crippen LogP contribution in [0.15, 0.2) is 51.9 Å². The van der Waals surface area contributed by atoms with Gasteiger partial charge in [0, 0.05) is 16.7 Å². The number of hydrogen-bond donors (Lipinski definition) is 0. The normalized spacial score (nSPS) is 12.3. The molecular weight excluding hydrogens is 322 g/mol. The second kappa shape index (κ2) is 5.08. The monoisotopic (exact) mass is 329 g/mol. The zero-order chi connectivity index (χ0) is 15.1. The predicted molar refractivity (Wildman–Crippen MR) is 85.1 cm³/mol. The molecule has 0 spiro atoms. The summed E-state index contributed by atoms with van der Waals surface area (Å²) in [5.74, 6) is 1.10. The number of thiazole rings is 1. The number of furan rings is 1. The Kier molecular flexibility index (Phi) is 3.06. The second-order valence-electron chi connectivity index (χ2n) is 4.57. The summed E-state index contributed by atoms with van der Waals surface area (Å²) in [5.41, 5.74) is 0.566. The first-order valence-corrected chi connectivity index (χ1v) is 7.61. The number of hydrogen-bond acceptors (Lipinski definition) is 5. The first-order chi connectivity index (χ1) is 10.7. The lowest BCUT2D eigenvalue weighted by Crippen LogP contribution is -2.23. The lowest BCUT2D eigenvalue weighted by Gasteiger charge is -1.94. The van der Waals surface area contributed by atoms with Gasteiger partial charge in [-0.25, -0.2) is 0 Å². The molecule has 4 rings (SSSR count). The van der Waals surface area contributed by atoms with Crippen LogP contribution in [0.2, 0.25) is 5.02 Å². The minimum absolute atomic E-state index is 0.211. The van der Waals surface area contributed by atoms with Crippen molar-refractivity contribution >= 4 is 34.0 Å². The Morgan fingerprint density at radius 2 is 2.18 bits per heavy atom. The maximum atomic E-state index is 12.3. The third-order valence-corrected chi connectivity index (χ3v) is 4.28. The molecule has 0 unspecified atom stereocenters. The van der Waals surface area contributed by atoms with E-state index in [-0.39, 0.29) is 5.56 Å². The van der Waals surface area contributed by atoms with E-state index >= 15 is 0 Å². The maximum Gasteiger partial charge on any atom is 0.291 e. The number of aromatic nitrogens is 3. The minimum atomic E-state index is -0.211. The lowest BCUT2D eigenvalue weighted by molar-refractivity contribution is 0.556. The topological polar surface area (TPSA) is 60.4 Å². The molecule has 7 heteroatoms. The highest BCUT2D eigenvalue weighted by Gasteiger charge is 2.12. The molecular formula is C15H8ClN3O2S. The fraction of sp³-hybridized carbons (Fsp3) is 0. The van der Waals surface area contributed by atoms with E-state index in [2.05, 4.69) is 10.1 Å². The minimum Gasteiger partial charge on any atom is -0.465 e. The molecule has 0 amide bonds. The van der Waals surface area contributed by atoms with Crippen LogP contribution in [0.5, 0.6) is 0 Å². The van der Waals surface area contributed by atoms with Crippen LogP contribution < -0.4 is 10.1 Å². The van der Waals surface area contributed by atoms with Crippen molar-refractivity contribution in [2.75, 3.05) is 0 Å². The largest absolute Gasteiger partial charge is 0.465 e. The third-order valence-electron chi connectivity index (χ3n) is 3.08. The Morgan fingerprint density at radius 3 is 2.91 bits per heavy atom. The molecule has 3 heterocycles. The van der Waals surface area contributed by atoms with Crippen LogP contribution >= 0.6 is 22.9 Å². The van der Waals surface area contributed by atoms with Gasteiger partial charge in [-0.15, -0.1) is 5.10 Å². The molecule has 1 aromatic carbocycles. The Hall–Kier alpha value is -2.44. The molecule has 108 valence electrons. The van der Waals surface area contributed by atoms with Gasteiger partial charge in [0.1, 0.15) is 10.3 Å². The molecule has 0 N–H and O–H groups in total. The fourth-order valence-electron chi connectivity index (χ4n) is 2.09. The van der Waals surface area contributed by atoms with E-state index in [1.807, 2.05) is 12.1 Å². The van der Waals surface area contributed by atoms with Crippen LogP contribution in [0.3, 0.4) is 0 Å². The average molecular weight is 330 g/mol. The van der Waals surface area contributed by atoms with E-state index < -0.39 is 0 Å². The third kappa shape index (κ3) is 2.22. The highest BCUT2D eigenvalue weighted by Crippen LogP contribution is 2.20. The fourth-order valence-corrected chi connectivity index (χ4v) is 3.16. The summed E-state index contributed by atoms with van der Waals surface area (Å²) in [5, 5.41) is 4.87. The molecule has 4 aromatic rings.